The Kier molecular flexibility index (Phi) is 3.65. The molecule has 2 atom stereocenters. The molecule has 1 aliphatic carbocycles. The van der Waals surface area contributed by atoms with E-state index >= 15 is 0 Å². The first-order chi connectivity index (χ1) is 7.24. The van der Waals surface area contributed by atoms with Gasteiger partial charge in [0.25, 0.3) is 0 Å². The standard InChI is InChI=1S/C12H23NO2/c14-9-3-7-13-8-6-12(15)5-2-1-4-11(12)10-13/h11,14-15H,1-10H2. The molecule has 0 spiro atoms. The Hall–Kier alpha value is -0.120. The van der Waals surface area contributed by atoms with Gasteiger partial charge in [-0.1, -0.05) is 12.8 Å². The smallest absolute Gasteiger partial charge is 0.0700 e. The molecular formula is C12H23NO2. The van der Waals surface area contributed by atoms with Crippen LogP contribution in [0.1, 0.15) is 38.5 Å². The second-order valence-corrected chi connectivity index (χ2v) is 5.17. The highest BCUT2D eigenvalue weighted by molar-refractivity contribution is 4.95. The first-order valence-corrected chi connectivity index (χ1v) is 6.30. The molecule has 2 rings (SSSR count). The van der Waals surface area contributed by atoms with Gasteiger partial charge in [-0.05, 0) is 25.7 Å². The van der Waals surface area contributed by atoms with E-state index in [0.29, 0.717) is 5.92 Å². The number of aliphatic hydroxyl groups is 2. The van der Waals surface area contributed by atoms with E-state index in [1.807, 2.05) is 0 Å². The zero-order valence-corrected chi connectivity index (χ0v) is 9.49. The molecule has 1 saturated carbocycles. The summed E-state index contributed by atoms with van der Waals surface area (Å²) < 4.78 is 0. The summed E-state index contributed by atoms with van der Waals surface area (Å²) in [5, 5.41) is 19.3. The Morgan fingerprint density at radius 2 is 2.13 bits per heavy atom. The minimum atomic E-state index is -0.353. The van der Waals surface area contributed by atoms with Crippen LogP contribution in [-0.4, -0.2) is 47.0 Å². The van der Waals surface area contributed by atoms with Gasteiger partial charge in [0.05, 0.1) is 5.60 Å². The molecule has 15 heavy (non-hydrogen) atoms. The largest absolute Gasteiger partial charge is 0.396 e. The average Bonchev–Trinajstić information content (AvgIpc) is 2.26. The number of fused-ring (bicyclic) bond motifs is 1. The molecule has 2 aliphatic rings. The fourth-order valence-electron chi connectivity index (χ4n) is 3.14. The van der Waals surface area contributed by atoms with Crippen LogP contribution < -0.4 is 0 Å². The zero-order valence-electron chi connectivity index (χ0n) is 9.49. The third-order valence-corrected chi connectivity index (χ3v) is 4.14. The van der Waals surface area contributed by atoms with Gasteiger partial charge in [-0.25, -0.2) is 0 Å². The minimum Gasteiger partial charge on any atom is -0.396 e. The lowest BCUT2D eigenvalue weighted by Crippen LogP contribution is -2.53. The van der Waals surface area contributed by atoms with Crippen molar-refractivity contribution in [2.24, 2.45) is 5.92 Å². The molecule has 0 bridgehead atoms. The van der Waals surface area contributed by atoms with Gasteiger partial charge in [0.2, 0.25) is 0 Å². The third kappa shape index (κ3) is 2.52. The molecule has 1 aliphatic heterocycles. The lowest BCUT2D eigenvalue weighted by molar-refractivity contribution is -0.0956. The number of aliphatic hydroxyl groups excluding tert-OH is 1. The van der Waals surface area contributed by atoms with Gasteiger partial charge in [0, 0.05) is 32.2 Å². The van der Waals surface area contributed by atoms with Crippen molar-refractivity contribution in [3.63, 3.8) is 0 Å². The summed E-state index contributed by atoms with van der Waals surface area (Å²) in [6.45, 7) is 3.32. The molecule has 2 unspecified atom stereocenters. The van der Waals surface area contributed by atoms with E-state index in [1.165, 1.54) is 19.3 Å². The van der Waals surface area contributed by atoms with Crippen LogP contribution in [0.25, 0.3) is 0 Å². The number of nitrogens with zero attached hydrogens (tertiary/aromatic N) is 1. The highest BCUT2D eigenvalue weighted by Crippen LogP contribution is 2.39. The van der Waals surface area contributed by atoms with Crippen molar-refractivity contribution in [3.05, 3.63) is 0 Å². The van der Waals surface area contributed by atoms with Gasteiger partial charge < -0.3 is 15.1 Å². The highest BCUT2D eigenvalue weighted by atomic mass is 16.3. The third-order valence-electron chi connectivity index (χ3n) is 4.14. The van der Waals surface area contributed by atoms with Crippen molar-refractivity contribution in [1.29, 1.82) is 0 Å². The van der Waals surface area contributed by atoms with E-state index in [4.69, 9.17) is 5.11 Å². The molecule has 2 N–H and O–H groups in total. The lowest BCUT2D eigenvalue weighted by atomic mass is 9.71. The molecular weight excluding hydrogens is 190 g/mol. The second kappa shape index (κ2) is 4.81. The summed E-state index contributed by atoms with van der Waals surface area (Å²) in [5.41, 5.74) is -0.353. The van der Waals surface area contributed by atoms with Crippen LogP contribution in [0.3, 0.4) is 0 Å². The monoisotopic (exact) mass is 213 g/mol. The maximum Gasteiger partial charge on any atom is 0.0700 e. The number of hydrogen-bond acceptors (Lipinski definition) is 3. The summed E-state index contributed by atoms with van der Waals surface area (Å²) in [6.07, 6.45) is 6.47. The molecule has 0 aromatic rings. The lowest BCUT2D eigenvalue weighted by Gasteiger charge is -2.47. The van der Waals surface area contributed by atoms with Crippen molar-refractivity contribution in [2.75, 3.05) is 26.2 Å². The van der Waals surface area contributed by atoms with Gasteiger partial charge in [-0.2, -0.15) is 0 Å². The second-order valence-electron chi connectivity index (χ2n) is 5.17. The van der Waals surface area contributed by atoms with Gasteiger partial charge >= 0.3 is 0 Å². The number of hydrogen-bond donors (Lipinski definition) is 2. The maximum atomic E-state index is 10.5. The number of piperidine rings is 1. The Bertz CT molecular complexity index is 210. The number of rotatable bonds is 3. The molecule has 1 saturated heterocycles. The molecule has 0 radical (unpaired) electrons. The Morgan fingerprint density at radius 3 is 2.93 bits per heavy atom. The summed E-state index contributed by atoms with van der Waals surface area (Å²) in [6, 6.07) is 0. The molecule has 88 valence electrons. The van der Waals surface area contributed by atoms with Crippen LogP contribution in [-0.2, 0) is 0 Å². The van der Waals surface area contributed by atoms with E-state index < -0.39 is 0 Å². The van der Waals surface area contributed by atoms with E-state index in [0.717, 1.165) is 38.9 Å². The molecule has 0 aromatic heterocycles. The fraction of sp³-hybridized carbons (Fsp3) is 1.00. The van der Waals surface area contributed by atoms with E-state index in [1.54, 1.807) is 0 Å². The van der Waals surface area contributed by atoms with Crippen molar-refractivity contribution in [1.82, 2.24) is 4.90 Å². The molecule has 3 nitrogen and oxygen atoms in total. The molecule has 2 fully saturated rings. The van der Waals surface area contributed by atoms with Crippen LogP contribution in [0.5, 0.6) is 0 Å². The summed E-state index contributed by atoms with van der Waals surface area (Å²) >= 11 is 0. The Morgan fingerprint density at radius 1 is 1.27 bits per heavy atom. The Balaban J connectivity index is 1.87. The zero-order chi connectivity index (χ0) is 10.7. The SMILES string of the molecule is OCCCN1CCC2(O)CCCCC2C1. The quantitative estimate of drug-likeness (QED) is 0.735. The van der Waals surface area contributed by atoms with Crippen LogP contribution >= 0.6 is 0 Å². The van der Waals surface area contributed by atoms with Gasteiger partial charge in [-0.3, -0.25) is 0 Å². The van der Waals surface area contributed by atoms with Gasteiger partial charge in [-0.15, -0.1) is 0 Å². The summed E-state index contributed by atoms with van der Waals surface area (Å²) in [7, 11) is 0. The predicted molar refractivity (Wildman–Crippen MR) is 59.7 cm³/mol. The first-order valence-electron chi connectivity index (χ1n) is 6.30. The number of likely N-dealkylation sites (tertiary alicyclic amines) is 1. The Labute approximate surface area is 92.1 Å². The maximum absolute atomic E-state index is 10.5. The van der Waals surface area contributed by atoms with Gasteiger partial charge in [0.15, 0.2) is 0 Å². The van der Waals surface area contributed by atoms with Crippen LogP contribution in [0.4, 0.5) is 0 Å². The van der Waals surface area contributed by atoms with E-state index in [9.17, 15) is 5.11 Å². The fourth-order valence-corrected chi connectivity index (χ4v) is 3.14. The normalized spacial score (nSPS) is 37.6. The van der Waals surface area contributed by atoms with Crippen molar-refractivity contribution >= 4 is 0 Å². The minimum absolute atomic E-state index is 0.283. The van der Waals surface area contributed by atoms with Crippen molar-refractivity contribution < 1.29 is 10.2 Å². The molecule has 3 heteroatoms. The van der Waals surface area contributed by atoms with Crippen molar-refractivity contribution in [2.45, 2.75) is 44.1 Å². The molecule has 0 amide bonds. The van der Waals surface area contributed by atoms with Crippen molar-refractivity contribution in [3.8, 4) is 0 Å². The average molecular weight is 213 g/mol. The van der Waals surface area contributed by atoms with E-state index in [-0.39, 0.29) is 12.2 Å². The van der Waals surface area contributed by atoms with Crippen LogP contribution in [0.2, 0.25) is 0 Å². The highest BCUT2D eigenvalue weighted by Gasteiger charge is 2.42. The first kappa shape index (κ1) is 11.4. The predicted octanol–water partition coefficient (Wildman–Crippen LogP) is 0.996. The van der Waals surface area contributed by atoms with E-state index in [2.05, 4.69) is 4.90 Å². The molecule has 0 aromatic carbocycles. The van der Waals surface area contributed by atoms with Gasteiger partial charge in [0.1, 0.15) is 0 Å². The summed E-state index contributed by atoms with van der Waals surface area (Å²) in [5.74, 6) is 0.485. The molecule has 1 heterocycles. The summed E-state index contributed by atoms with van der Waals surface area (Å²) in [4.78, 5) is 2.40. The van der Waals surface area contributed by atoms with Crippen LogP contribution in [0, 0.1) is 5.92 Å². The van der Waals surface area contributed by atoms with Crippen LogP contribution in [0.15, 0.2) is 0 Å². The topological polar surface area (TPSA) is 43.7 Å².